The Labute approximate surface area is 293 Å². The molecule has 0 radical (unpaired) electrons. The molecule has 10 nitrogen and oxygen atoms in total. The molecule has 3 fully saturated rings. The molecule has 48 heavy (non-hydrogen) atoms. The summed E-state index contributed by atoms with van der Waals surface area (Å²) in [6, 6.07) is 13.0. The van der Waals surface area contributed by atoms with Gasteiger partial charge in [0.15, 0.2) is 6.10 Å². The molecule has 4 aliphatic rings. The Kier molecular flexibility index (Phi) is 11.3. The van der Waals surface area contributed by atoms with Gasteiger partial charge in [0.2, 0.25) is 0 Å². The Morgan fingerprint density at radius 2 is 1.60 bits per heavy atom. The van der Waals surface area contributed by atoms with E-state index in [4.69, 9.17) is 4.74 Å². The third-order valence-corrected chi connectivity index (χ3v) is 12.0. The number of ether oxygens (including phenoxy) is 1. The van der Waals surface area contributed by atoms with Crippen LogP contribution in [0.2, 0.25) is 0 Å². The van der Waals surface area contributed by atoms with Gasteiger partial charge in [-0.05, 0) is 101 Å². The molecule has 11 heteroatoms. The first-order chi connectivity index (χ1) is 23.2. The van der Waals surface area contributed by atoms with Crippen molar-refractivity contribution < 1.29 is 19.1 Å². The van der Waals surface area contributed by atoms with Crippen molar-refractivity contribution in [3.05, 3.63) is 63.1 Å². The normalized spacial score (nSPS) is 22.4. The minimum Gasteiger partial charge on any atom is -0.436 e. The number of carbonyl (C=O) groups excluding carboxylic acids is 3. The van der Waals surface area contributed by atoms with Gasteiger partial charge in [-0.15, -0.1) is 0 Å². The SMILES string of the molecule is Cc1cc(CC(OC(=O)N2CCC(N3CCc4ccccc4NC3=O)CC2)C(=O)N2CCC(N3CCCNC[C@H]3C)CC2)cc(C)c1Br. The molecule has 3 saturated heterocycles. The predicted molar refractivity (Wildman–Crippen MR) is 191 cm³/mol. The maximum Gasteiger partial charge on any atom is 0.410 e. The predicted octanol–water partition coefficient (Wildman–Crippen LogP) is 5.34. The number of aryl methyl sites for hydroxylation is 2. The number of rotatable bonds is 6. The number of para-hydroxylation sites is 1. The Morgan fingerprint density at radius 3 is 2.33 bits per heavy atom. The van der Waals surface area contributed by atoms with E-state index < -0.39 is 12.2 Å². The topological polar surface area (TPSA) is 97.5 Å². The van der Waals surface area contributed by atoms with Crippen molar-refractivity contribution >= 4 is 39.6 Å². The number of amides is 4. The molecule has 0 saturated carbocycles. The number of urea groups is 1. The maximum atomic E-state index is 14.1. The van der Waals surface area contributed by atoms with Crippen LogP contribution in [0.15, 0.2) is 40.9 Å². The van der Waals surface area contributed by atoms with Crippen LogP contribution in [0.4, 0.5) is 15.3 Å². The van der Waals surface area contributed by atoms with Gasteiger partial charge in [0.05, 0.1) is 0 Å². The zero-order chi connectivity index (χ0) is 33.8. The van der Waals surface area contributed by atoms with Gasteiger partial charge < -0.3 is 30.1 Å². The van der Waals surface area contributed by atoms with Crippen molar-refractivity contribution in [2.75, 3.05) is 57.7 Å². The lowest BCUT2D eigenvalue weighted by atomic mass is 9.98. The molecule has 2 aromatic rings. The molecule has 6 rings (SSSR count). The van der Waals surface area contributed by atoms with Crippen molar-refractivity contribution in [2.24, 2.45) is 0 Å². The van der Waals surface area contributed by atoms with Gasteiger partial charge in [0.25, 0.3) is 5.91 Å². The number of fused-ring (bicyclic) bond motifs is 1. The number of benzene rings is 2. The zero-order valence-corrected chi connectivity index (χ0v) is 30.3. The minimum absolute atomic E-state index is 0.0403. The number of likely N-dealkylation sites (tertiary alicyclic amines) is 2. The average molecular weight is 724 g/mol. The van der Waals surface area contributed by atoms with Crippen LogP contribution in [0.25, 0.3) is 0 Å². The number of carbonyl (C=O) groups is 3. The molecule has 2 aromatic carbocycles. The first-order valence-corrected chi connectivity index (χ1v) is 18.6. The molecular weight excluding hydrogens is 672 g/mol. The van der Waals surface area contributed by atoms with Gasteiger partial charge in [-0.2, -0.15) is 0 Å². The van der Waals surface area contributed by atoms with E-state index in [1.165, 1.54) is 0 Å². The van der Waals surface area contributed by atoms with Gasteiger partial charge in [0.1, 0.15) is 0 Å². The smallest absolute Gasteiger partial charge is 0.410 e. The summed E-state index contributed by atoms with van der Waals surface area (Å²) in [4.78, 5) is 49.1. The van der Waals surface area contributed by atoms with Crippen molar-refractivity contribution in [2.45, 2.75) is 89.9 Å². The fourth-order valence-electron chi connectivity index (χ4n) is 8.04. The Hall–Kier alpha value is -3.15. The van der Waals surface area contributed by atoms with Crippen molar-refractivity contribution in [3.63, 3.8) is 0 Å². The molecule has 0 aliphatic carbocycles. The van der Waals surface area contributed by atoms with E-state index >= 15 is 0 Å². The molecule has 0 bridgehead atoms. The van der Waals surface area contributed by atoms with Crippen LogP contribution >= 0.6 is 15.9 Å². The third kappa shape index (κ3) is 8.00. The lowest BCUT2D eigenvalue weighted by Gasteiger charge is -2.41. The van der Waals surface area contributed by atoms with Crippen molar-refractivity contribution in [1.29, 1.82) is 0 Å². The van der Waals surface area contributed by atoms with Gasteiger partial charge in [-0.25, -0.2) is 9.59 Å². The average Bonchev–Trinajstić information content (AvgIpc) is 3.41. The molecule has 4 heterocycles. The van der Waals surface area contributed by atoms with E-state index in [9.17, 15) is 14.4 Å². The molecule has 1 unspecified atom stereocenters. The highest BCUT2D eigenvalue weighted by Gasteiger charge is 2.37. The highest BCUT2D eigenvalue weighted by Crippen LogP contribution is 2.27. The Balaban J connectivity index is 1.09. The van der Waals surface area contributed by atoms with E-state index in [2.05, 4.69) is 56.6 Å². The second-order valence-corrected chi connectivity index (χ2v) is 14.9. The van der Waals surface area contributed by atoms with E-state index in [1.807, 2.05) is 41.8 Å². The summed E-state index contributed by atoms with van der Waals surface area (Å²) in [7, 11) is 0. The number of hydrogen-bond acceptors (Lipinski definition) is 6. The molecule has 0 spiro atoms. The first kappa shape index (κ1) is 34.7. The molecule has 2 atom stereocenters. The van der Waals surface area contributed by atoms with Gasteiger partial charge in [0, 0.05) is 74.0 Å². The lowest BCUT2D eigenvalue weighted by molar-refractivity contribution is -0.142. The second kappa shape index (κ2) is 15.6. The molecular formula is C37H51BrN6O4. The fourth-order valence-corrected chi connectivity index (χ4v) is 8.27. The van der Waals surface area contributed by atoms with Crippen LogP contribution in [0.1, 0.15) is 61.3 Å². The van der Waals surface area contributed by atoms with Crippen LogP contribution in [0, 0.1) is 13.8 Å². The maximum absolute atomic E-state index is 14.1. The van der Waals surface area contributed by atoms with Crippen LogP contribution in [-0.2, 0) is 22.4 Å². The highest BCUT2D eigenvalue weighted by atomic mass is 79.9. The van der Waals surface area contributed by atoms with E-state index in [0.29, 0.717) is 64.1 Å². The standard InChI is InChI=1S/C37H51BrN6O4/c1-25-21-28(22-26(2)34(25)38)23-33(35(45)41-16-10-30(11-17-41)43-15-6-14-39-24-27(43)3)48-37(47)42-18-12-31(13-19-42)44-20-9-29-7-4-5-8-32(29)40-36(44)46/h4-5,7-8,21-22,27,30-31,33,39H,6,9-20,23-24H2,1-3H3,(H,40,46)/t27-,33?/m1/s1. The summed E-state index contributed by atoms with van der Waals surface area (Å²) in [6.45, 7) is 12.4. The van der Waals surface area contributed by atoms with Crippen LogP contribution in [0.5, 0.6) is 0 Å². The summed E-state index contributed by atoms with van der Waals surface area (Å²) in [5, 5.41) is 6.60. The van der Waals surface area contributed by atoms with Crippen LogP contribution in [0.3, 0.4) is 0 Å². The van der Waals surface area contributed by atoms with Gasteiger partial charge in [-0.3, -0.25) is 9.69 Å². The minimum atomic E-state index is -0.900. The van der Waals surface area contributed by atoms with E-state index in [0.717, 1.165) is 77.7 Å². The molecule has 4 amide bonds. The van der Waals surface area contributed by atoms with E-state index in [1.54, 1.807) is 4.90 Å². The summed E-state index contributed by atoms with van der Waals surface area (Å²) in [5.41, 5.74) is 5.17. The van der Waals surface area contributed by atoms with E-state index in [-0.39, 0.29) is 18.0 Å². The summed E-state index contributed by atoms with van der Waals surface area (Å²) in [6.07, 6.45) is 4.10. The Morgan fingerprint density at radius 1 is 0.938 bits per heavy atom. The molecule has 4 aliphatic heterocycles. The van der Waals surface area contributed by atoms with Gasteiger partial charge in [-0.1, -0.05) is 46.3 Å². The monoisotopic (exact) mass is 722 g/mol. The quantitative estimate of drug-likeness (QED) is 0.418. The molecule has 260 valence electrons. The third-order valence-electron chi connectivity index (χ3n) is 10.8. The van der Waals surface area contributed by atoms with Crippen molar-refractivity contribution in [3.8, 4) is 0 Å². The fraction of sp³-hybridized carbons (Fsp3) is 0.595. The summed E-state index contributed by atoms with van der Waals surface area (Å²) in [5.74, 6) is -0.110. The second-order valence-electron chi connectivity index (χ2n) is 14.1. The van der Waals surface area contributed by atoms with Crippen LogP contribution in [-0.4, -0.2) is 114 Å². The van der Waals surface area contributed by atoms with Crippen LogP contribution < -0.4 is 10.6 Å². The number of hydrogen-bond donors (Lipinski definition) is 2. The number of piperidine rings is 2. The highest BCUT2D eigenvalue weighted by molar-refractivity contribution is 9.10. The number of nitrogens with one attached hydrogen (secondary N) is 2. The molecule has 2 N–H and O–H groups in total. The number of halogens is 1. The summed E-state index contributed by atoms with van der Waals surface area (Å²) >= 11 is 3.66. The first-order valence-electron chi connectivity index (χ1n) is 17.8. The Bertz CT molecular complexity index is 1450. The van der Waals surface area contributed by atoms with Crippen molar-refractivity contribution in [1.82, 2.24) is 24.9 Å². The number of anilines is 1. The summed E-state index contributed by atoms with van der Waals surface area (Å²) < 4.78 is 7.18. The zero-order valence-electron chi connectivity index (χ0n) is 28.7. The lowest BCUT2D eigenvalue weighted by Crippen LogP contribution is -2.53. The van der Waals surface area contributed by atoms with Gasteiger partial charge >= 0.3 is 12.1 Å². The molecule has 0 aromatic heterocycles. The number of nitrogens with zero attached hydrogens (tertiary/aromatic N) is 4. The largest absolute Gasteiger partial charge is 0.436 e.